The number of para-hydroxylation sites is 1. The number of fused-ring (bicyclic) bond motifs is 1. The Morgan fingerprint density at radius 2 is 2.15 bits per heavy atom. The highest BCUT2D eigenvalue weighted by molar-refractivity contribution is 7.18. The number of hydrogen-bond donors (Lipinski definition) is 0. The molecule has 20 heavy (non-hydrogen) atoms. The van der Waals surface area contributed by atoms with Crippen LogP contribution in [0.15, 0.2) is 24.3 Å². The lowest BCUT2D eigenvalue weighted by atomic mass is 10.2. The summed E-state index contributed by atoms with van der Waals surface area (Å²) in [6, 6.07) is 9.10. The summed E-state index contributed by atoms with van der Waals surface area (Å²) >= 11 is 1.89. The van der Waals surface area contributed by atoms with E-state index >= 15 is 0 Å². The summed E-state index contributed by atoms with van der Waals surface area (Å²) in [5.74, 6) is 0. The molecule has 0 spiro atoms. The molecule has 1 aromatic carbocycles. The molecule has 0 amide bonds. The van der Waals surface area contributed by atoms with E-state index in [-0.39, 0.29) is 0 Å². The van der Waals surface area contributed by atoms with Crippen molar-refractivity contribution in [1.29, 1.82) is 0 Å². The van der Waals surface area contributed by atoms with Crippen molar-refractivity contribution >= 4 is 21.6 Å². The van der Waals surface area contributed by atoms with Gasteiger partial charge in [0.25, 0.3) is 0 Å². The van der Waals surface area contributed by atoms with Crippen LogP contribution in [-0.4, -0.2) is 23.0 Å². The van der Waals surface area contributed by atoms with Gasteiger partial charge in [-0.25, -0.2) is 4.98 Å². The van der Waals surface area contributed by atoms with Crippen LogP contribution in [0.5, 0.6) is 0 Å². The van der Waals surface area contributed by atoms with E-state index in [2.05, 4.69) is 36.1 Å². The first-order chi connectivity index (χ1) is 9.88. The van der Waals surface area contributed by atoms with E-state index in [0.29, 0.717) is 6.04 Å². The van der Waals surface area contributed by atoms with Crippen molar-refractivity contribution in [2.24, 2.45) is 0 Å². The quantitative estimate of drug-likeness (QED) is 0.694. The van der Waals surface area contributed by atoms with E-state index in [0.717, 1.165) is 0 Å². The van der Waals surface area contributed by atoms with Gasteiger partial charge >= 0.3 is 0 Å². The Balaban J connectivity index is 1.68. The van der Waals surface area contributed by atoms with Crippen molar-refractivity contribution in [2.45, 2.75) is 51.5 Å². The van der Waals surface area contributed by atoms with Crippen LogP contribution in [0.2, 0.25) is 0 Å². The molecule has 1 saturated heterocycles. The summed E-state index contributed by atoms with van der Waals surface area (Å²) in [6.45, 7) is 4.78. The first kappa shape index (κ1) is 14.0. The molecular formula is C17H24N2S. The minimum Gasteiger partial charge on any atom is -0.294 e. The van der Waals surface area contributed by atoms with Crippen molar-refractivity contribution in [3.05, 3.63) is 29.3 Å². The van der Waals surface area contributed by atoms with Gasteiger partial charge in [0.2, 0.25) is 0 Å². The molecule has 2 nitrogen and oxygen atoms in total. The highest BCUT2D eigenvalue weighted by Gasteiger charge is 2.27. The Morgan fingerprint density at radius 3 is 3.00 bits per heavy atom. The van der Waals surface area contributed by atoms with Gasteiger partial charge in [-0.15, -0.1) is 11.3 Å². The Bertz CT molecular complexity index is 516. The highest BCUT2D eigenvalue weighted by Crippen LogP contribution is 2.36. The molecule has 2 aromatic rings. The lowest BCUT2D eigenvalue weighted by Crippen LogP contribution is -2.24. The number of thiazole rings is 1. The summed E-state index contributed by atoms with van der Waals surface area (Å²) in [6.07, 6.45) is 8.03. The summed E-state index contributed by atoms with van der Waals surface area (Å²) in [7, 11) is 0. The van der Waals surface area contributed by atoms with Crippen LogP contribution in [-0.2, 0) is 0 Å². The second-order valence-corrected chi connectivity index (χ2v) is 6.84. The van der Waals surface area contributed by atoms with E-state index in [1.165, 1.54) is 66.8 Å². The molecule has 1 unspecified atom stereocenters. The molecule has 2 heterocycles. The van der Waals surface area contributed by atoms with Crippen molar-refractivity contribution in [3.8, 4) is 0 Å². The summed E-state index contributed by atoms with van der Waals surface area (Å²) in [5, 5.41) is 1.33. The molecule has 1 aromatic heterocycles. The number of unbranched alkanes of at least 4 members (excludes halogenated alkanes) is 3. The minimum absolute atomic E-state index is 0.578. The molecular weight excluding hydrogens is 264 g/mol. The smallest absolute Gasteiger partial charge is 0.111 e. The fourth-order valence-corrected chi connectivity index (χ4v) is 4.28. The topological polar surface area (TPSA) is 16.1 Å². The standard InChI is InChI=1S/C17H24N2S/c1-2-3-4-7-12-19-13-8-10-15(19)17-18-14-9-5-6-11-16(14)20-17/h5-6,9,11,15H,2-4,7-8,10,12-13H2,1H3. The van der Waals surface area contributed by atoms with E-state index < -0.39 is 0 Å². The predicted molar refractivity (Wildman–Crippen MR) is 87.3 cm³/mol. The molecule has 0 radical (unpaired) electrons. The third kappa shape index (κ3) is 3.04. The average molecular weight is 288 g/mol. The van der Waals surface area contributed by atoms with Gasteiger partial charge in [0, 0.05) is 0 Å². The predicted octanol–water partition coefficient (Wildman–Crippen LogP) is 5.01. The summed E-state index contributed by atoms with van der Waals surface area (Å²) in [5.41, 5.74) is 1.17. The normalized spacial score (nSPS) is 19.9. The van der Waals surface area contributed by atoms with Crippen LogP contribution in [0.4, 0.5) is 0 Å². The van der Waals surface area contributed by atoms with E-state index in [4.69, 9.17) is 4.98 Å². The molecule has 108 valence electrons. The monoisotopic (exact) mass is 288 g/mol. The Hall–Kier alpha value is -0.930. The molecule has 0 bridgehead atoms. The first-order valence-electron chi connectivity index (χ1n) is 7.98. The summed E-state index contributed by atoms with van der Waals surface area (Å²) < 4.78 is 1.33. The van der Waals surface area contributed by atoms with Crippen LogP contribution in [0.3, 0.4) is 0 Å². The molecule has 0 saturated carbocycles. The third-order valence-electron chi connectivity index (χ3n) is 4.26. The maximum Gasteiger partial charge on any atom is 0.111 e. The fourth-order valence-electron chi connectivity index (χ4n) is 3.15. The van der Waals surface area contributed by atoms with Gasteiger partial charge in [-0.2, -0.15) is 0 Å². The zero-order valence-corrected chi connectivity index (χ0v) is 13.2. The van der Waals surface area contributed by atoms with E-state index in [1.54, 1.807) is 0 Å². The Kier molecular flexibility index (Phi) is 4.69. The Morgan fingerprint density at radius 1 is 1.25 bits per heavy atom. The molecule has 1 atom stereocenters. The maximum absolute atomic E-state index is 4.87. The van der Waals surface area contributed by atoms with Gasteiger partial charge in [-0.3, -0.25) is 4.90 Å². The van der Waals surface area contributed by atoms with Crippen LogP contribution in [0.25, 0.3) is 10.2 Å². The van der Waals surface area contributed by atoms with E-state index in [1.807, 2.05) is 11.3 Å². The van der Waals surface area contributed by atoms with Gasteiger partial charge in [0.15, 0.2) is 0 Å². The lowest BCUT2D eigenvalue weighted by Gasteiger charge is -2.22. The number of likely N-dealkylation sites (tertiary alicyclic amines) is 1. The molecule has 0 aliphatic carbocycles. The van der Waals surface area contributed by atoms with Crippen LogP contribution >= 0.6 is 11.3 Å². The molecule has 1 aliphatic rings. The third-order valence-corrected chi connectivity index (χ3v) is 5.40. The zero-order valence-electron chi connectivity index (χ0n) is 12.3. The van der Waals surface area contributed by atoms with Gasteiger partial charge in [0.1, 0.15) is 5.01 Å². The maximum atomic E-state index is 4.87. The number of benzene rings is 1. The lowest BCUT2D eigenvalue weighted by molar-refractivity contribution is 0.251. The van der Waals surface area contributed by atoms with Crippen molar-refractivity contribution in [2.75, 3.05) is 13.1 Å². The van der Waals surface area contributed by atoms with Crippen molar-refractivity contribution in [3.63, 3.8) is 0 Å². The second kappa shape index (κ2) is 6.68. The molecule has 3 heteroatoms. The first-order valence-corrected chi connectivity index (χ1v) is 8.79. The van der Waals surface area contributed by atoms with Crippen LogP contribution in [0, 0.1) is 0 Å². The largest absolute Gasteiger partial charge is 0.294 e. The number of rotatable bonds is 6. The molecule has 1 fully saturated rings. The Labute approximate surface area is 125 Å². The van der Waals surface area contributed by atoms with Crippen molar-refractivity contribution < 1.29 is 0 Å². The number of nitrogens with zero attached hydrogens (tertiary/aromatic N) is 2. The van der Waals surface area contributed by atoms with Gasteiger partial charge in [-0.1, -0.05) is 38.3 Å². The van der Waals surface area contributed by atoms with Gasteiger partial charge in [0.05, 0.1) is 16.3 Å². The number of hydrogen-bond acceptors (Lipinski definition) is 3. The zero-order chi connectivity index (χ0) is 13.8. The molecule has 1 aliphatic heterocycles. The molecule has 3 rings (SSSR count). The van der Waals surface area contributed by atoms with Gasteiger partial charge < -0.3 is 0 Å². The summed E-state index contributed by atoms with van der Waals surface area (Å²) in [4.78, 5) is 7.53. The number of aromatic nitrogens is 1. The molecule has 0 N–H and O–H groups in total. The van der Waals surface area contributed by atoms with Crippen LogP contribution in [0.1, 0.15) is 56.5 Å². The van der Waals surface area contributed by atoms with Crippen LogP contribution < -0.4 is 0 Å². The highest BCUT2D eigenvalue weighted by atomic mass is 32.1. The van der Waals surface area contributed by atoms with Gasteiger partial charge in [-0.05, 0) is 44.5 Å². The van der Waals surface area contributed by atoms with Crippen molar-refractivity contribution in [1.82, 2.24) is 9.88 Å². The minimum atomic E-state index is 0.578. The van der Waals surface area contributed by atoms with E-state index in [9.17, 15) is 0 Å². The average Bonchev–Trinajstić information content (AvgIpc) is 3.09. The SMILES string of the molecule is CCCCCCN1CCCC1c1nc2ccccc2s1. The second-order valence-electron chi connectivity index (χ2n) is 5.77. The fraction of sp³-hybridized carbons (Fsp3) is 0.588.